The molecule has 0 fully saturated rings. The Kier molecular flexibility index (Phi) is 3.99. The van der Waals surface area contributed by atoms with Gasteiger partial charge in [-0.15, -0.1) is 10.2 Å². The zero-order valence-electron chi connectivity index (χ0n) is 7.12. The van der Waals surface area contributed by atoms with Gasteiger partial charge in [0.1, 0.15) is 8.67 Å². The second kappa shape index (κ2) is 5.12. The van der Waals surface area contributed by atoms with Crippen LogP contribution in [0.5, 0.6) is 0 Å². The molecule has 0 amide bonds. The number of halogens is 4. The Morgan fingerprint density at radius 1 is 0.750 bits per heavy atom. The summed E-state index contributed by atoms with van der Waals surface area (Å²) in [5, 5.41) is 8.05. The van der Waals surface area contributed by atoms with E-state index in [4.69, 9.17) is 46.4 Å². The smallest absolute Gasteiger partial charge is 0.171 e. The first-order valence-electron chi connectivity index (χ1n) is 3.62. The number of hydrogen-bond donors (Lipinski definition) is 0. The molecule has 0 aliphatic carbocycles. The van der Waals surface area contributed by atoms with Crippen molar-refractivity contribution < 1.29 is 0 Å². The van der Waals surface area contributed by atoms with E-state index < -0.39 is 0 Å². The summed E-state index contributed by atoms with van der Waals surface area (Å²) >= 11 is 25.2. The molecule has 0 saturated carbocycles. The van der Waals surface area contributed by atoms with Crippen LogP contribution < -0.4 is 0 Å². The van der Waals surface area contributed by atoms with Crippen LogP contribution in [0.2, 0.25) is 19.0 Å². The van der Waals surface area contributed by atoms with Crippen LogP contribution in [0, 0.1) is 0 Å². The molecule has 0 aromatic carbocycles. The fraction of sp³-hybridized carbons (Fsp3) is 0. The summed E-state index contributed by atoms with van der Waals surface area (Å²) in [6.07, 6.45) is 0. The Labute approximate surface area is 118 Å². The first kappa shape index (κ1) is 12.5. The van der Waals surface area contributed by atoms with E-state index in [1.54, 1.807) is 0 Å². The third-order valence-corrected chi connectivity index (χ3v) is 4.18. The zero-order chi connectivity index (χ0) is 11.7. The highest BCUT2D eigenvalue weighted by Crippen LogP contribution is 2.40. The van der Waals surface area contributed by atoms with Gasteiger partial charge in [-0.25, -0.2) is 0 Å². The van der Waals surface area contributed by atoms with Gasteiger partial charge < -0.3 is 0 Å². The van der Waals surface area contributed by atoms with Gasteiger partial charge in [-0.3, -0.25) is 0 Å². The maximum Gasteiger partial charge on any atom is 0.171 e. The van der Waals surface area contributed by atoms with E-state index in [2.05, 4.69) is 19.0 Å². The summed E-state index contributed by atoms with van der Waals surface area (Å²) in [7, 11) is 0. The summed E-state index contributed by atoms with van der Waals surface area (Å²) in [6.45, 7) is 0. The van der Waals surface area contributed by atoms with Crippen molar-refractivity contribution in [3.8, 4) is 0 Å². The maximum atomic E-state index is 5.80. The largest absolute Gasteiger partial charge is 0.177 e. The fourth-order valence-electron chi connectivity index (χ4n) is 0.757. The minimum atomic E-state index is 0.189. The second-order valence-corrected chi connectivity index (χ2v) is 5.86. The molecule has 0 atom stereocenters. The average Bonchev–Trinajstić information content (AvgIpc) is 2.72. The fourth-order valence-corrected chi connectivity index (χ4v) is 2.84. The summed E-state index contributed by atoms with van der Waals surface area (Å²) in [5.41, 5.74) is 0.596. The lowest BCUT2D eigenvalue weighted by molar-refractivity contribution is 1.23. The highest BCUT2D eigenvalue weighted by Gasteiger charge is 2.12. The molecule has 0 spiro atoms. The summed E-state index contributed by atoms with van der Waals surface area (Å²) < 4.78 is 8.31. The zero-order valence-corrected chi connectivity index (χ0v) is 11.8. The monoisotopic (exact) mass is 332 g/mol. The molecule has 2 heterocycles. The van der Waals surface area contributed by atoms with Gasteiger partial charge in [0.25, 0.3) is 0 Å². The molecule has 2 rings (SSSR count). The van der Waals surface area contributed by atoms with E-state index in [9.17, 15) is 0 Å². The highest BCUT2D eigenvalue weighted by molar-refractivity contribution is 7.12. The van der Waals surface area contributed by atoms with Gasteiger partial charge in [0, 0.05) is 0 Å². The summed E-state index contributed by atoms with van der Waals surface area (Å²) in [6, 6.07) is 0. The Hall–Kier alpha value is 0.0200. The topological polar surface area (TPSA) is 50.5 Å². The molecule has 0 radical (unpaired) electrons. The van der Waals surface area contributed by atoms with Crippen molar-refractivity contribution in [1.82, 2.24) is 8.75 Å². The van der Waals surface area contributed by atoms with E-state index >= 15 is 0 Å². The molecule has 0 bridgehead atoms. The van der Waals surface area contributed by atoms with E-state index in [0.717, 1.165) is 23.1 Å². The molecule has 0 aliphatic heterocycles. The first-order chi connectivity index (χ1) is 7.59. The van der Waals surface area contributed by atoms with Crippen LogP contribution in [0.25, 0.3) is 0 Å². The van der Waals surface area contributed by atoms with Crippen LogP contribution in [0.3, 0.4) is 0 Å². The predicted molar refractivity (Wildman–Crippen MR) is 68.4 cm³/mol. The molecule has 16 heavy (non-hydrogen) atoms. The lowest BCUT2D eigenvalue weighted by Crippen LogP contribution is -1.63. The Morgan fingerprint density at radius 3 is 1.38 bits per heavy atom. The van der Waals surface area contributed by atoms with Crippen LogP contribution in [0.4, 0.5) is 11.4 Å². The van der Waals surface area contributed by atoms with E-state index in [1.165, 1.54) is 0 Å². The lowest BCUT2D eigenvalue weighted by Gasteiger charge is -1.89. The molecular formula is C6Cl4N4S2. The highest BCUT2D eigenvalue weighted by atomic mass is 35.5. The predicted octanol–water partition coefficient (Wildman–Crippen LogP) is 5.63. The van der Waals surface area contributed by atoms with Crippen LogP contribution in [-0.2, 0) is 0 Å². The summed E-state index contributed by atoms with van der Waals surface area (Å²) in [5.74, 6) is 0. The van der Waals surface area contributed by atoms with Crippen molar-refractivity contribution in [2.75, 3.05) is 0 Å². The van der Waals surface area contributed by atoms with Gasteiger partial charge >= 0.3 is 0 Å². The van der Waals surface area contributed by atoms with E-state index in [-0.39, 0.29) is 10.3 Å². The second-order valence-electron chi connectivity index (χ2n) is 2.39. The number of hydrogen-bond acceptors (Lipinski definition) is 6. The SMILES string of the molecule is Clc1nsc(Cl)c1N=Nc1c(Cl)nsc1Cl. The molecule has 84 valence electrons. The number of rotatable bonds is 2. The first-order valence-corrected chi connectivity index (χ1v) is 6.68. The van der Waals surface area contributed by atoms with Crippen LogP contribution in [0.1, 0.15) is 0 Å². The molecule has 0 unspecified atom stereocenters. The number of aromatic nitrogens is 2. The number of azo groups is 1. The average molecular weight is 334 g/mol. The van der Waals surface area contributed by atoms with Gasteiger partial charge in [-0.2, -0.15) is 8.75 Å². The lowest BCUT2D eigenvalue weighted by atomic mass is 10.6. The normalized spacial score (nSPS) is 11.5. The van der Waals surface area contributed by atoms with Crippen molar-refractivity contribution >= 4 is 80.8 Å². The van der Waals surface area contributed by atoms with Crippen LogP contribution in [0.15, 0.2) is 10.2 Å². The molecule has 10 heteroatoms. The van der Waals surface area contributed by atoms with Crippen molar-refractivity contribution in [3.05, 3.63) is 19.0 Å². The molecule has 4 nitrogen and oxygen atoms in total. The maximum absolute atomic E-state index is 5.80. The van der Waals surface area contributed by atoms with Crippen molar-refractivity contribution in [2.45, 2.75) is 0 Å². The van der Waals surface area contributed by atoms with Gasteiger partial charge in [-0.05, 0) is 23.1 Å². The Bertz CT molecular complexity index is 461. The molecule has 2 aromatic rings. The standard InChI is InChI=1S/C6Cl4N4S2/c7-3-1(5(9)15-13-3)11-12-2-4(8)14-16-6(2)10. The van der Waals surface area contributed by atoms with Crippen molar-refractivity contribution in [3.63, 3.8) is 0 Å². The molecule has 2 aromatic heterocycles. The Morgan fingerprint density at radius 2 is 1.12 bits per heavy atom. The van der Waals surface area contributed by atoms with Gasteiger partial charge in [0.15, 0.2) is 21.7 Å². The molecule has 0 N–H and O–H groups in total. The Balaban J connectivity index is 2.35. The van der Waals surface area contributed by atoms with Crippen molar-refractivity contribution in [1.29, 1.82) is 0 Å². The molecule has 0 aliphatic rings. The van der Waals surface area contributed by atoms with E-state index in [1.807, 2.05) is 0 Å². The molecule has 0 saturated heterocycles. The third-order valence-electron chi connectivity index (χ3n) is 1.43. The van der Waals surface area contributed by atoms with Gasteiger partial charge in [-0.1, -0.05) is 46.4 Å². The van der Waals surface area contributed by atoms with Crippen LogP contribution in [-0.4, -0.2) is 8.75 Å². The van der Waals surface area contributed by atoms with Crippen LogP contribution >= 0.6 is 69.5 Å². The molecular weight excluding hydrogens is 334 g/mol. The van der Waals surface area contributed by atoms with Gasteiger partial charge in [0.05, 0.1) is 0 Å². The summed E-state index contributed by atoms with van der Waals surface area (Å²) in [4.78, 5) is 0. The minimum Gasteiger partial charge on any atom is -0.177 e. The number of nitrogens with zero attached hydrogens (tertiary/aromatic N) is 4. The van der Waals surface area contributed by atoms with E-state index in [0.29, 0.717) is 20.0 Å². The van der Waals surface area contributed by atoms with Crippen molar-refractivity contribution in [2.24, 2.45) is 10.2 Å². The third kappa shape index (κ3) is 2.47. The quantitative estimate of drug-likeness (QED) is 0.669. The minimum absolute atomic E-state index is 0.189. The van der Waals surface area contributed by atoms with Gasteiger partial charge in [0.2, 0.25) is 0 Å².